The van der Waals surface area contributed by atoms with Gasteiger partial charge in [-0.25, -0.2) is 8.42 Å². The molecule has 0 radical (unpaired) electrons. The van der Waals surface area contributed by atoms with Crippen LogP contribution < -0.4 is 4.72 Å². The van der Waals surface area contributed by atoms with Crippen molar-refractivity contribution in [2.24, 2.45) is 0 Å². The number of carbonyl (C=O) groups is 2. The van der Waals surface area contributed by atoms with E-state index in [1.54, 1.807) is 4.90 Å². The third-order valence-corrected chi connectivity index (χ3v) is 5.57. The van der Waals surface area contributed by atoms with E-state index in [0.717, 1.165) is 22.9 Å². The number of sulfonamides is 1. The summed E-state index contributed by atoms with van der Waals surface area (Å²) in [6.45, 7) is 2.38. The minimum absolute atomic E-state index is 0.0356. The monoisotopic (exact) mass is 400 g/mol. The molecule has 1 aliphatic rings. The van der Waals surface area contributed by atoms with Gasteiger partial charge in [-0.15, -0.1) is 0 Å². The lowest BCUT2D eigenvalue weighted by atomic mass is 9.89. The maximum absolute atomic E-state index is 12.8. The highest BCUT2D eigenvalue weighted by Crippen LogP contribution is 2.37. The fourth-order valence-corrected chi connectivity index (χ4v) is 4.17. The molecule has 7 heteroatoms. The summed E-state index contributed by atoms with van der Waals surface area (Å²) >= 11 is 0. The van der Waals surface area contributed by atoms with Gasteiger partial charge in [0.15, 0.2) is 0 Å². The number of rotatable bonds is 6. The number of benzene rings is 2. The summed E-state index contributed by atoms with van der Waals surface area (Å²) in [7, 11) is -3.64. The summed E-state index contributed by atoms with van der Waals surface area (Å²) in [6, 6.07) is 17.1. The number of nitrogens with zero attached hydrogens (tertiary/aromatic N) is 1. The van der Waals surface area contributed by atoms with Gasteiger partial charge in [0.2, 0.25) is 21.8 Å². The Morgan fingerprint density at radius 1 is 1.11 bits per heavy atom. The summed E-state index contributed by atoms with van der Waals surface area (Å²) in [5.74, 6) is -0.798. The zero-order valence-corrected chi connectivity index (χ0v) is 16.8. The van der Waals surface area contributed by atoms with E-state index >= 15 is 0 Å². The van der Waals surface area contributed by atoms with E-state index in [0.29, 0.717) is 13.0 Å². The fourth-order valence-electron chi connectivity index (χ4n) is 3.67. The number of hydrogen-bond acceptors (Lipinski definition) is 4. The Kier molecular flexibility index (Phi) is 5.84. The predicted octanol–water partition coefficient (Wildman–Crippen LogP) is 2.35. The van der Waals surface area contributed by atoms with Crippen LogP contribution >= 0.6 is 0 Å². The van der Waals surface area contributed by atoms with Crippen molar-refractivity contribution in [1.82, 2.24) is 9.62 Å². The Hall–Kier alpha value is -2.67. The van der Waals surface area contributed by atoms with Gasteiger partial charge in [0.25, 0.3) is 0 Å². The van der Waals surface area contributed by atoms with Crippen molar-refractivity contribution in [1.29, 1.82) is 0 Å². The summed E-state index contributed by atoms with van der Waals surface area (Å²) in [5.41, 5.74) is 3.07. The van der Waals surface area contributed by atoms with Crippen molar-refractivity contribution < 1.29 is 18.0 Å². The van der Waals surface area contributed by atoms with Crippen molar-refractivity contribution >= 4 is 21.8 Å². The first-order chi connectivity index (χ1) is 13.2. The van der Waals surface area contributed by atoms with Crippen molar-refractivity contribution in [2.45, 2.75) is 38.3 Å². The summed E-state index contributed by atoms with van der Waals surface area (Å²) < 4.78 is 24.9. The quantitative estimate of drug-likeness (QED) is 0.807. The van der Waals surface area contributed by atoms with E-state index in [1.165, 1.54) is 0 Å². The average molecular weight is 401 g/mol. The van der Waals surface area contributed by atoms with E-state index in [-0.39, 0.29) is 18.2 Å². The molecule has 1 N–H and O–H groups in total. The van der Waals surface area contributed by atoms with Crippen LogP contribution in [0.3, 0.4) is 0 Å². The van der Waals surface area contributed by atoms with Crippen molar-refractivity contribution in [3.05, 3.63) is 71.3 Å². The second-order valence-corrected chi connectivity index (χ2v) is 9.05. The molecule has 0 saturated carbocycles. The molecular weight excluding hydrogens is 376 g/mol. The highest BCUT2D eigenvalue weighted by Gasteiger charge is 2.41. The molecule has 1 saturated heterocycles. The molecule has 2 atom stereocenters. The van der Waals surface area contributed by atoms with Gasteiger partial charge >= 0.3 is 0 Å². The van der Waals surface area contributed by atoms with Crippen LogP contribution in [0.1, 0.15) is 35.4 Å². The van der Waals surface area contributed by atoms with Gasteiger partial charge in [-0.2, -0.15) is 0 Å². The van der Waals surface area contributed by atoms with E-state index in [9.17, 15) is 18.0 Å². The van der Waals surface area contributed by atoms with Gasteiger partial charge in [-0.3, -0.25) is 14.3 Å². The Labute approximate surface area is 165 Å². The lowest BCUT2D eigenvalue weighted by Gasteiger charge is -2.28. The largest absolute Gasteiger partial charge is 0.334 e. The number of aryl methyl sites for hydroxylation is 1. The van der Waals surface area contributed by atoms with Crippen LogP contribution in [0.4, 0.5) is 0 Å². The molecule has 0 aliphatic carbocycles. The molecule has 2 aromatic carbocycles. The van der Waals surface area contributed by atoms with E-state index < -0.39 is 22.0 Å². The van der Waals surface area contributed by atoms with Gasteiger partial charge in [0.05, 0.1) is 6.26 Å². The van der Waals surface area contributed by atoms with Crippen LogP contribution in [0.15, 0.2) is 54.6 Å². The number of likely N-dealkylation sites (tertiary alicyclic amines) is 1. The van der Waals surface area contributed by atoms with Crippen molar-refractivity contribution in [3.63, 3.8) is 0 Å². The van der Waals surface area contributed by atoms with Crippen LogP contribution in [0.2, 0.25) is 0 Å². The molecule has 1 heterocycles. The first-order valence-corrected chi connectivity index (χ1v) is 11.0. The van der Waals surface area contributed by atoms with Crippen LogP contribution in [0, 0.1) is 6.92 Å². The smallest absolute Gasteiger partial charge is 0.235 e. The summed E-state index contributed by atoms with van der Waals surface area (Å²) in [6.07, 6.45) is 1.18. The van der Waals surface area contributed by atoms with E-state index in [4.69, 9.17) is 0 Å². The lowest BCUT2D eigenvalue weighted by molar-refractivity contribution is -0.130. The topological polar surface area (TPSA) is 83.6 Å². The molecule has 0 aromatic heterocycles. The Bertz CT molecular complexity index is 956. The fraction of sp³-hybridized carbons (Fsp3) is 0.333. The van der Waals surface area contributed by atoms with E-state index in [2.05, 4.69) is 0 Å². The molecule has 3 rings (SSSR count). The molecular formula is C21H24N2O4S. The highest BCUT2D eigenvalue weighted by atomic mass is 32.2. The molecule has 2 amide bonds. The molecule has 28 heavy (non-hydrogen) atoms. The van der Waals surface area contributed by atoms with E-state index in [1.807, 2.05) is 66.2 Å². The normalized spacial score (nSPS) is 19.6. The third-order valence-electron chi connectivity index (χ3n) is 4.97. The maximum atomic E-state index is 12.8. The standard InChI is InChI=1S/C21H24N2O4S/c1-15-8-10-16(11-9-15)14-23-19(13-20(24)22-28(2,26)27)18(12-21(23)25)17-6-4-3-5-7-17/h3-11,18-19H,12-14H2,1-2H3,(H,22,24). The van der Waals surface area contributed by atoms with Crippen molar-refractivity contribution in [2.75, 3.05) is 6.26 Å². The number of hydrogen-bond donors (Lipinski definition) is 1. The maximum Gasteiger partial charge on any atom is 0.235 e. The van der Waals surface area contributed by atoms with Crippen LogP contribution in [-0.4, -0.2) is 37.4 Å². The molecule has 2 unspecified atom stereocenters. The van der Waals surface area contributed by atoms with Crippen LogP contribution in [-0.2, 0) is 26.2 Å². The lowest BCUT2D eigenvalue weighted by Crippen LogP contribution is -2.40. The van der Waals surface area contributed by atoms with Gasteiger partial charge in [0, 0.05) is 31.3 Å². The van der Waals surface area contributed by atoms with Crippen LogP contribution in [0.25, 0.3) is 0 Å². The Balaban J connectivity index is 1.88. The highest BCUT2D eigenvalue weighted by molar-refractivity contribution is 7.89. The van der Waals surface area contributed by atoms with Gasteiger partial charge in [-0.05, 0) is 18.1 Å². The molecule has 1 aliphatic heterocycles. The first kappa shape index (κ1) is 20.1. The Morgan fingerprint density at radius 2 is 1.75 bits per heavy atom. The molecule has 0 bridgehead atoms. The third kappa shape index (κ3) is 4.98. The molecule has 148 valence electrons. The summed E-state index contributed by atoms with van der Waals surface area (Å²) in [4.78, 5) is 26.8. The number of carbonyl (C=O) groups excluding carboxylic acids is 2. The number of nitrogens with one attached hydrogen (secondary N) is 1. The second-order valence-electron chi connectivity index (χ2n) is 7.30. The first-order valence-electron chi connectivity index (χ1n) is 9.13. The molecule has 1 fully saturated rings. The minimum atomic E-state index is -3.64. The molecule has 2 aromatic rings. The second kappa shape index (κ2) is 8.14. The predicted molar refractivity (Wildman–Crippen MR) is 107 cm³/mol. The minimum Gasteiger partial charge on any atom is -0.334 e. The van der Waals surface area contributed by atoms with Gasteiger partial charge in [0.1, 0.15) is 0 Å². The summed E-state index contributed by atoms with van der Waals surface area (Å²) in [5, 5.41) is 0. The molecule has 0 spiro atoms. The van der Waals surface area contributed by atoms with Crippen molar-refractivity contribution in [3.8, 4) is 0 Å². The zero-order chi connectivity index (χ0) is 20.3. The number of amides is 2. The van der Waals surface area contributed by atoms with Crippen LogP contribution in [0.5, 0.6) is 0 Å². The Morgan fingerprint density at radius 3 is 2.36 bits per heavy atom. The average Bonchev–Trinajstić information content (AvgIpc) is 2.92. The van der Waals surface area contributed by atoms with Gasteiger partial charge < -0.3 is 4.90 Å². The zero-order valence-electron chi connectivity index (χ0n) is 16.0. The molecule has 6 nitrogen and oxygen atoms in total. The SMILES string of the molecule is Cc1ccc(CN2C(=O)CC(c3ccccc3)C2CC(=O)NS(C)(=O)=O)cc1. The van der Waals surface area contributed by atoms with Gasteiger partial charge in [-0.1, -0.05) is 60.2 Å².